The lowest BCUT2D eigenvalue weighted by Crippen LogP contribution is -2.39. The number of aromatic nitrogens is 3. The highest BCUT2D eigenvalue weighted by molar-refractivity contribution is 5.65. The highest BCUT2D eigenvalue weighted by Gasteiger charge is 2.30. The third-order valence-electron chi connectivity index (χ3n) is 6.83. The summed E-state index contributed by atoms with van der Waals surface area (Å²) in [7, 11) is 0. The molecule has 1 saturated heterocycles. The molecule has 4 heterocycles. The van der Waals surface area contributed by atoms with Crippen molar-refractivity contribution in [2.75, 3.05) is 25.0 Å². The van der Waals surface area contributed by atoms with Crippen LogP contribution in [-0.4, -0.2) is 34.2 Å². The maximum Gasteiger partial charge on any atom is 0.223 e. The van der Waals surface area contributed by atoms with Gasteiger partial charge in [-0.25, -0.2) is 9.97 Å². The number of hydrogen-bond donors (Lipinski definition) is 2. The predicted molar refractivity (Wildman–Crippen MR) is 148 cm³/mol. The van der Waals surface area contributed by atoms with Crippen LogP contribution in [-0.2, 0) is 6.54 Å². The maximum absolute atomic E-state index is 4.89. The van der Waals surface area contributed by atoms with Crippen LogP contribution in [0.5, 0.6) is 0 Å². The molecular weight excluding hydrogens is 418 g/mol. The second-order valence-electron chi connectivity index (χ2n) is 9.42. The first kappa shape index (κ1) is 27.8. The summed E-state index contributed by atoms with van der Waals surface area (Å²) in [4.78, 5) is 9.40. The van der Waals surface area contributed by atoms with Crippen LogP contribution in [0.25, 0.3) is 22.9 Å². The van der Waals surface area contributed by atoms with Gasteiger partial charge >= 0.3 is 0 Å². The van der Waals surface area contributed by atoms with E-state index in [1.54, 1.807) is 0 Å². The van der Waals surface area contributed by atoms with Crippen molar-refractivity contribution in [3.8, 4) is 11.3 Å². The third kappa shape index (κ3) is 6.59. The largest absolute Gasteiger partial charge is 0.354 e. The maximum atomic E-state index is 4.89. The van der Waals surface area contributed by atoms with Crippen LogP contribution < -0.4 is 21.2 Å². The average molecular weight is 466 g/mol. The second-order valence-corrected chi connectivity index (χ2v) is 9.42. The Morgan fingerprint density at radius 2 is 1.91 bits per heavy atom. The Labute approximate surface area is 207 Å². The van der Waals surface area contributed by atoms with Crippen molar-refractivity contribution >= 4 is 17.6 Å². The summed E-state index contributed by atoms with van der Waals surface area (Å²) in [6, 6.07) is 2.01. The van der Waals surface area contributed by atoms with Crippen LogP contribution in [0.2, 0.25) is 0 Å². The monoisotopic (exact) mass is 465 g/mol. The summed E-state index contributed by atoms with van der Waals surface area (Å²) < 4.78 is 2.37. The molecule has 0 atom stereocenters. The van der Waals surface area contributed by atoms with Gasteiger partial charge in [-0.1, -0.05) is 60.3 Å². The number of hydrogen-bond acceptors (Lipinski definition) is 4. The number of aryl methyl sites for hydroxylation is 1. The van der Waals surface area contributed by atoms with Gasteiger partial charge in [-0.3, -0.25) is 0 Å². The van der Waals surface area contributed by atoms with E-state index in [0.29, 0.717) is 5.95 Å². The highest BCUT2D eigenvalue weighted by Crippen LogP contribution is 2.33. The Hall–Kier alpha value is -2.40. The van der Waals surface area contributed by atoms with Crippen LogP contribution in [0.4, 0.5) is 5.95 Å². The summed E-state index contributed by atoms with van der Waals surface area (Å²) in [6.07, 6.45) is 12.9. The normalized spacial score (nSPS) is 16.6. The second kappa shape index (κ2) is 13.5. The first-order valence-corrected chi connectivity index (χ1v) is 13.3. The topological polar surface area (TPSA) is 54.8 Å². The molecule has 0 saturated carbocycles. The van der Waals surface area contributed by atoms with Gasteiger partial charge in [0.15, 0.2) is 0 Å². The van der Waals surface area contributed by atoms with Crippen LogP contribution in [0.15, 0.2) is 31.1 Å². The lowest BCUT2D eigenvalue weighted by molar-refractivity contribution is 0.180. The summed E-state index contributed by atoms with van der Waals surface area (Å²) in [6.45, 7) is 23.1. The minimum Gasteiger partial charge on any atom is -0.354 e. The predicted octanol–water partition coefficient (Wildman–Crippen LogP) is 5.37. The van der Waals surface area contributed by atoms with Crippen molar-refractivity contribution in [3.63, 3.8) is 0 Å². The molecule has 0 amide bonds. The molecule has 188 valence electrons. The van der Waals surface area contributed by atoms with E-state index >= 15 is 0 Å². The van der Waals surface area contributed by atoms with E-state index in [9.17, 15) is 0 Å². The molecule has 0 bridgehead atoms. The average Bonchev–Trinajstić information content (AvgIpc) is 3.26. The first-order valence-electron chi connectivity index (χ1n) is 13.3. The number of piperidine rings is 1. The molecule has 2 aromatic heterocycles. The van der Waals surface area contributed by atoms with E-state index in [2.05, 4.69) is 59.8 Å². The van der Waals surface area contributed by atoms with E-state index in [1.165, 1.54) is 35.4 Å². The van der Waals surface area contributed by atoms with Crippen LogP contribution in [0.1, 0.15) is 74.1 Å². The molecule has 2 aromatic rings. The van der Waals surface area contributed by atoms with E-state index < -0.39 is 0 Å². The number of anilines is 1. The SMILES string of the molecule is C=C/C=c1/c(-c2ccnc(NCC(C)(C)C3CCNCC3)n2)cn2c1=C(C)CCC2.CC.CC. The van der Waals surface area contributed by atoms with Gasteiger partial charge in [0, 0.05) is 41.6 Å². The summed E-state index contributed by atoms with van der Waals surface area (Å²) in [5, 5.41) is 9.55. The number of fused-ring (bicyclic) bond motifs is 1. The third-order valence-corrected chi connectivity index (χ3v) is 6.83. The van der Waals surface area contributed by atoms with Crippen LogP contribution >= 0.6 is 0 Å². The Kier molecular flexibility index (Phi) is 11.0. The lowest BCUT2D eigenvalue weighted by atomic mass is 9.74. The first-order chi connectivity index (χ1) is 16.5. The van der Waals surface area contributed by atoms with E-state index in [1.807, 2.05) is 46.0 Å². The zero-order valence-corrected chi connectivity index (χ0v) is 22.7. The highest BCUT2D eigenvalue weighted by atomic mass is 15.1. The van der Waals surface area contributed by atoms with Crippen molar-refractivity contribution in [3.05, 3.63) is 41.7 Å². The minimum absolute atomic E-state index is 0.213. The number of nitrogens with zero attached hydrogens (tertiary/aromatic N) is 3. The van der Waals surface area contributed by atoms with Crippen LogP contribution in [0.3, 0.4) is 0 Å². The molecule has 2 aliphatic heterocycles. The molecule has 0 aliphatic carbocycles. The fraction of sp³-hybridized carbons (Fsp3) is 0.586. The van der Waals surface area contributed by atoms with Crippen LogP contribution in [0, 0.1) is 11.3 Å². The van der Waals surface area contributed by atoms with Crippen molar-refractivity contribution in [1.82, 2.24) is 19.9 Å². The Morgan fingerprint density at radius 3 is 2.59 bits per heavy atom. The Balaban J connectivity index is 0.000000970. The summed E-state index contributed by atoms with van der Waals surface area (Å²) in [5.74, 6) is 1.43. The summed E-state index contributed by atoms with van der Waals surface area (Å²) >= 11 is 0. The minimum atomic E-state index is 0.213. The van der Waals surface area contributed by atoms with E-state index in [0.717, 1.165) is 49.8 Å². The standard InChI is InChI=1S/C25H35N5.2C2H6/c1-5-7-20-21(16-30-15-6-8-18(2)23(20)30)22-11-14-27-24(29-22)28-17-25(3,4)19-9-12-26-13-10-19;2*1-2/h5,7,11,14,16,19,26H,1,6,8-10,12-13,15,17H2,2-4H3,(H,27,28,29);2*1-2H3/b20-7-;;. The van der Waals surface area contributed by atoms with Gasteiger partial charge < -0.3 is 15.2 Å². The molecule has 1 fully saturated rings. The molecule has 5 heteroatoms. The number of nitrogens with one attached hydrogen (secondary N) is 2. The van der Waals surface area contributed by atoms with Crippen molar-refractivity contribution in [2.45, 2.75) is 80.7 Å². The van der Waals surface area contributed by atoms with Gasteiger partial charge in [0.05, 0.1) is 5.69 Å². The molecule has 0 spiro atoms. The molecule has 5 nitrogen and oxygen atoms in total. The van der Waals surface area contributed by atoms with Gasteiger partial charge in [0.25, 0.3) is 0 Å². The molecule has 0 unspecified atom stereocenters. The quantitative estimate of drug-likeness (QED) is 0.602. The molecular formula is C29H47N5. The van der Waals surface area contributed by atoms with E-state index in [-0.39, 0.29) is 5.41 Å². The van der Waals surface area contributed by atoms with Gasteiger partial charge in [0.2, 0.25) is 5.95 Å². The zero-order chi connectivity index (χ0) is 25.1. The molecule has 0 aromatic carbocycles. The molecule has 2 N–H and O–H groups in total. The molecule has 34 heavy (non-hydrogen) atoms. The zero-order valence-electron chi connectivity index (χ0n) is 22.7. The van der Waals surface area contributed by atoms with Gasteiger partial charge in [-0.2, -0.15) is 0 Å². The van der Waals surface area contributed by atoms with Crippen molar-refractivity contribution in [1.29, 1.82) is 0 Å². The van der Waals surface area contributed by atoms with Gasteiger partial charge in [-0.15, -0.1) is 0 Å². The Morgan fingerprint density at radius 1 is 1.21 bits per heavy atom. The fourth-order valence-corrected chi connectivity index (χ4v) is 5.00. The van der Waals surface area contributed by atoms with Gasteiger partial charge in [0.1, 0.15) is 0 Å². The lowest BCUT2D eigenvalue weighted by Gasteiger charge is -2.37. The van der Waals surface area contributed by atoms with Crippen molar-refractivity contribution < 1.29 is 0 Å². The number of rotatable bonds is 6. The van der Waals surface area contributed by atoms with E-state index in [4.69, 9.17) is 4.98 Å². The van der Waals surface area contributed by atoms with Crippen molar-refractivity contribution in [2.24, 2.45) is 11.3 Å². The molecule has 2 aliphatic rings. The molecule has 4 rings (SSSR count). The molecule has 0 radical (unpaired) electrons. The Bertz CT molecular complexity index is 1030. The number of allylic oxidation sites excluding steroid dienone is 1. The smallest absolute Gasteiger partial charge is 0.223 e. The fourth-order valence-electron chi connectivity index (χ4n) is 5.00. The van der Waals surface area contributed by atoms with Gasteiger partial charge in [-0.05, 0) is 68.7 Å². The summed E-state index contributed by atoms with van der Waals surface area (Å²) in [5.41, 5.74) is 3.78.